The number of rotatable bonds is 12. The number of halogens is 2. The number of nitrogens with two attached hydrogens (primary N) is 2. The van der Waals surface area contributed by atoms with Crippen LogP contribution in [0.2, 0.25) is 0 Å². The first-order valence-corrected chi connectivity index (χ1v) is 23.1. The number of carbonyl (C=O) groups excluding carboxylic acids is 4. The van der Waals surface area contributed by atoms with Gasteiger partial charge < -0.3 is 42.5 Å². The molecule has 0 radical (unpaired) electrons. The van der Waals surface area contributed by atoms with Gasteiger partial charge in [-0.25, -0.2) is 0 Å². The van der Waals surface area contributed by atoms with E-state index in [0.717, 1.165) is 28.7 Å². The minimum absolute atomic E-state index is 0. The van der Waals surface area contributed by atoms with E-state index >= 15 is 0 Å². The summed E-state index contributed by atoms with van der Waals surface area (Å²) in [6.07, 6.45) is 3.07. The molecule has 18 heteroatoms. The molecule has 4 amide bonds. The highest BCUT2D eigenvalue weighted by Crippen LogP contribution is 2.53. The fourth-order valence-corrected chi connectivity index (χ4v) is 13.4. The molecule has 2 aromatic carbocycles. The maximum atomic E-state index is 14.2. The first-order valence-electron chi connectivity index (χ1n) is 20.4. The quantitative estimate of drug-likeness (QED) is 0.155. The average molecular weight is 954 g/mol. The van der Waals surface area contributed by atoms with E-state index in [1.54, 1.807) is 33.3 Å². The number of amides is 4. The van der Waals surface area contributed by atoms with Crippen molar-refractivity contribution in [3.8, 4) is 0 Å². The van der Waals surface area contributed by atoms with Gasteiger partial charge >= 0.3 is 0 Å². The van der Waals surface area contributed by atoms with Crippen LogP contribution in [-0.2, 0) is 25.6 Å². The van der Waals surface area contributed by atoms with E-state index in [-0.39, 0.29) is 70.0 Å². The number of thioether (sulfide) groups is 2. The molecule has 4 aliphatic rings. The summed E-state index contributed by atoms with van der Waals surface area (Å²) in [5.74, 6) is -1.26. The Morgan fingerprint density at radius 2 is 1.02 bits per heavy atom. The number of hydrogen-bond acceptors (Lipinski definition) is 10. The minimum Gasteiger partial charge on any atom is -0.368 e. The van der Waals surface area contributed by atoms with Gasteiger partial charge in [-0.15, -0.1) is 48.3 Å². The fourth-order valence-electron chi connectivity index (χ4n) is 9.16. The van der Waals surface area contributed by atoms with E-state index in [4.69, 9.17) is 35.9 Å². The molecular formula is C43H62Cl2N8O4S4. The summed E-state index contributed by atoms with van der Waals surface area (Å²) in [5, 5.41) is 12.5. The molecule has 0 saturated carbocycles. The Balaban J connectivity index is 0.00000410. The second-order valence-corrected chi connectivity index (χ2v) is 21.6. The summed E-state index contributed by atoms with van der Waals surface area (Å²) in [6.45, 7) is 11.9. The summed E-state index contributed by atoms with van der Waals surface area (Å²) in [6, 6.07) is 14.3. The van der Waals surface area contributed by atoms with Gasteiger partial charge in [0.1, 0.15) is 24.2 Å². The van der Waals surface area contributed by atoms with Crippen LogP contribution >= 0.6 is 72.8 Å². The average Bonchev–Trinajstić information content (AvgIpc) is 3.52. The Hall–Kier alpha value is -2.70. The van der Waals surface area contributed by atoms with Crippen molar-refractivity contribution in [1.82, 2.24) is 31.1 Å². The molecule has 2 aromatic rings. The molecule has 4 fully saturated rings. The molecule has 6 rings (SSSR count). The number of likely N-dealkylation sites (N-methyl/N-ethyl adjacent to an activating group) is 2. The Kier molecular flexibility index (Phi) is 17.1. The molecule has 0 aliphatic carbocycles. The summed E-state index contributed by atoms with van der Waals surface area (Å²) in [7, 11) is 3.65. The van der Waals surface area contributed by atoms with Crippen LogP contribution in [-0.4, -0.2) is 104 Å². The van der Waals surface area contributed by atoms with Gasteiger partial charge in [-0.05, 0) is 93.1 Å². The molecule has 336 valence electrons. The van der Waals surface area contributed by atoms with E-state index in [0.29, 0.717) is 35.7 Å². The second kappa shape index (κ2) is 20.4. The molecule has 4 saturated heterocycles. The summed E-state index contributed by atoms with van der Waals surface area (Å²) in [5.41, 5.74) is 15.5. The first kappa shape index (κ1) is 50.9. The number of fused-ring (bicyclic) bond motifs is 2. The van der Waals surface area contributed by atoms with E-state index in [2.05, 4.69) is 69.8 Å². The highest BCUT2D eigenvalue weighted by atomic mass is 35.5. The van der Waals surface area contributed by atoms with Gasteiger partial charge in [-0.3, -0.25) is 19.2 Å². The van der Waals surface area contributed by atoms with Gasteiger partial charge in [0.05, 0.1) is 32.8 Å². The molecule has 8 N–H and O–H groups in total. The second-order valence-electron chi connectivity index (χ2n) is 17.9. The SMILES string of the molecule is CNC(C)C(=S)NC1CC(c2ccc(Cc3ccc(C4CC(NC(=S)C(C)NC)C(=O)N5C(CC(C)(C)C5C(N)=O)S4)cc3)cc2)SC2CC(C)(C)C(C(N)=O)N2C1=O.Cl.Cl. The number of hydrogen-bond donors (Lipinski definition) is 6. The van der Waals surface area contributed by atoms with Crippen LogP contribution in [0.1, 0.15) is 100.0 Å². The van der Waals surface area contributed by atoms with E-state index in [1.807, 2.05) is 55.6 Å². The van der Waals surface area contributed by atoms with Gasteiger partial charge in [0.25, 0.3) is 0 Å². The van der Waals surface area contributed by atoms with Gasteiger partial charge in [0.2, 0.25) is 23.6 Å². The minimum atomic E-state index is -0.703. The van der Waals surface area contributed by atoms with Gasteiger partial charge in [0, 0.05) is 10.5 Å². The lowest BCUT2D eigenvalue weighted by atomic mass is 9.84. The Morgan fingerprint density at radius 1 is 0.689 bits per heavy atom. The summed E-state index contributed by atoms with van der Waals surface area (Å²) < 4.78 is 0. The normalized spacial score (nSPS) is 28.7. The van der Waals surface area contributed by atoms with Crippen molar-refractivity contribution >= 4 is 106 Å². The molecule has 10 atom stereocenters. The van der Waals surface area contributed by atoms with Crippen LogP contribution in [0.25, 0.3) is 0 Å². The lowest BCUT2D eigenvalue weighted by molar-refractivity contribution is -0.141. The van der Waals surface area contributed by atoms with E-state index < -0.39 is 46.8 Å². The van der Waals surface area contributed by atoms with Crippen LogP contribution in [0.4, 0.5) is 0 Å². The Labute approximate surface area is 392 Å². The summed E-state index contributed by atoms with van der Waals surface area (Å²) >= 11 is 14.8. The van der Waals surface area contributed by atoms with Crippen molar-refractivity contribution in [3.05, 3.63) is 70.8 Å². The van der Waals surface area contributed by atoms with Gasteiger partial charge in [-0.2, -0.15) is 0 Å². The van der Waals surface area contributed by atoms with Crippen molar-refractivity contribution in [2.75, 3.05) is 14.1 Å². The smallest absolute Gasteiger partial charge is 0.246 e. The number of thiocarbonyl (C=S) groups is 2. The number of nitrogens with zero attached hydrogens (tertiary/aromatic N) is 2. The Bertz CT molecular complexity index is 1820. The van der Waals surface area contributed by atoms with Crippen molar-refractivity contribution in [2.45, 2.75) is 131 Å². The molecule has 4 heterocycles. The van der Waals surface area contributed by atoms with Gasteiger partial charge in [-0.1, -0.05) is 101 Å². The third-order valence-electron chi connectivity index (χ3n) is 12.6. The summed E-state index contributed by atoms with van der Waals surface area (Å²) in [4.78, 5) is 58.5. The molecule has 4 aliphatic heterocycles. The Morgan fingerprint density at radius 3 is 1.31 bits per heavy atom. The molecule has 0 spiro atoms. The maximum Gasteiger partial charge on any atom is 0.246 e. The highest BCUT2D eigenvalue weighted by Gasteiger charge is 2.56. The van der Waals surface area contributed by atoms with Crippen LogP contribution in [0.3, 0.4) is 0 Å². The predicted octanol–water partition coefficient (Wildman–Crippen LogP) is 5.14. The predicted molar refractivity (Wildman–Crippen MR) is 260 cm³/mol. The number of primary amides is 2. The maximum absolute atomic E-state index is 14.2. The van der Waals surface area contributed by atoms with Crippen LogP contribution in [0.5, 0.6) is 0 Å². The zero-order valence-electron chi connectivity index (χ0n) is 36.1. The fraction of sp³-hybridized carbons (Fsp3) is 0.581. The lowest BCUT2D eigenvalue weighted by Gasteiger charge is -2.33. The standard InChI is InChI=1S/C43H60N8O4S4.2ClH/c1-22(46-7)38(56)48-28-18-30(58-32-20-42(3,4)34(36(44)52)50(32)40(28)54)26-13-9-24(10-14-26)17-25-11-15-27(16-12-25)31-19-29(49-39(57)23(2)47-8)41(55)51-33(59-31)21-43(5,6)35(51)37(45)53;;/h9-16,22-23,28-35,46-47H,17-21H2,1-8H3,(H2,44,52)(H2,45,53)(H,48,56)(H,49,57);2*1H. The topological polar surface area (TPSA) is 175 Å². The van der Waals surface area contributed by atoms with Crippen LogP contribution < -0.4 is 32.7 Å². The number of carbonyl (C=O) groups is 4. The lowest BCUT2D eigenvalue weighted by Crippen LogP contribution is -2.57. The van der Waals surface area contributed by atoms with Gasteiger partial charge in [0.15, 0.2) is 0 Å². The molecule has 10 unspecified atom stereocenters. The molecule has 0 aromatic heterocycles. The van der Waals surface area contributed by atoms with E-state index in [9.17, 15) is 19.2 Å². The molecule has 0 bridgehead atoms. The zero-order chi connectivity index (χ0) is 43.1. The number of benzene rings is 2. The third-order valence-corrected chi connectivity index (χ3v) is 16.6. The zero-order valence-corrected chi connectivity index (χ0v) is 41.0. The van der Waals surface area contributed by atoms with Crippen molar-refractivity contribution in [2.24, 2.45) is 22.3 Å². The van der Waals surface area contributed by atoms with Crippen LogP contribution in [0.15, 0.2) is 48.5 Å². The highest BCUT2D eigenvalue weighted by molar-refractivity contribution is 8.00. The molecule has 12 nitrogen and oxygen atoms in total. The number of nitrogens with one attached hydrogen (secondary N) is 4. The van der Waals surface area contributed by atoms with Crippen molar-refractivity contribution in [3.63, 3.8) is 0 Å². The monoisotopic (exact) mass is 952 g/mol. The first-order chi connectivity index (χ1) is 27.8. The molecular weight excluding hydrogens is 892 g/mol. The van der Waals surface area contributed by atoms with Crippen molar-refractivity contribution < 1.29 is 19.2 Å². The van der Waals surface area contributed by atoms with Crippen LogP contribution in [0, 0.1) is 10.8 Å². The third kappa shape index (κ3) is 10.8. The van der Waals surface area contributed by atoms with Crippen molar-refractivity contribution in [1.29, 1.82) is 0 Å². The largest absolute Gasteiger partial charge is 0.368 e. The van der Waals surface area contributed by atoms with E-state index in [1.165, 1.54) is 0 Å². The molecule has 61 heavy (non-hydrogen) atoms.